The molecular formula is C22H29N5O3. The molecule has 1 saturated heterocycles. The molecule has 1 fully saturated rings. The second kappa shape index (κ2) is 9.30. The standard InChI is InChI=1S/C22H29N5O3/c1-30-20-8-4-3-7-17(20)16-26-13-14-27-19(22(26)29)15-18(24-27)21(28)23-9-12-25-10-5-2-6-11-25/h3-4,7-8,15H,2,5-6,9-14,16H2,1H3,(H,23,28). The van der Waals surface area contributed by atoms with Crippen molar-refractivity contribution in [2.75, 3.05) is 39.8 Å². The Morgan fingerprint density at radius 1 is 1.13 bits per heavy atom. The first-order valence-electron chi connectivity index (χ1n) is 10.7. The number of carbonyl (C=O) groups excluding carboxylic acids is 2. The van der Waals surface area contributed by atoms with E-state index in [1.54, 1.807) is 22.8 Å². The predicted molar refractivity (Wildman–Crippen MR) is 113 cm³/mol. The molecule has 1 aromatic carbocycles. The largest absolute Gasteiger partial charge is 0.496 e. The Kier molecular flexibility index (Phi) is 6.32. The normalized spacial score (nSPS) is 17.0. The number of likely N-dealkylation sites (tertiary alicyclic amines) is 1. The molecule has 8 nitrogen and oxygen atoms in total. The number of hydrogen-bond acceptors (Lipinski definition) is 5. The van der Waals surface area contributed by atoms with Crippen LogP contribution in [0, 0.1) is 0 Å². The number of benzene rings is 1. The van der Waals surface area contributed by atoms with Crippen molar-refractivity contribution >= 4 is 11.8 Å². The highest BCUT2D eigenvalue weighted by molar-refractivity contribution is 5.98. The molecule has 0 unspecified atom stereocenters. The Balaban J connectivity index is 1.37. The van der Waals surface area contributed by atoms with Gasteiger partial charge in [0.15, 0.2) is 5.69 Å². The van der Waals surface area contributed by atoms with Gasteiger partial charge in [-0.05, 0) is 32.0 Å². The van der Waals surface area contributed by atoms with Crippen molar-refractivity contribution < 1.29 is 14.3 Å². The van der Waals surface area contributed by atoms with E-state index < -0.39 is 0 Å². The molecule has 2 aliphatic rings. The number of aromatic nitrogens is 2. The van der Waals surface area contributed by atoms with Crippen LogP contribution in [-0.2, 0) is 13.1 Å². The number of amides is 2. The minimum absolute atomic E-state index is 0.118. The third kappa shape index (κ3) is 4.48. The number of nitrogens with one attached hydrogen (secondary N) is 1. The zero-order valence-electron chi connectivity index (χ0n) is 17.5. The number of ether oxygens (including phenoxy) is 1. The highest BCUT2D eigenvalue weighted by Gasteiger charge is 2.28. The lowest BCUT2D eigenvalue weighted by Gasteiger charge is -2.28. The number of nitrogens with zero attached hydrogens (tertiary/aromatic N) is 4. The highest BCUT2D eigenvalue weighted by Crippen LogP contribution is 2.22. The maximum atomic E-state index is 13.0. The number of methoxy groups -OCH3 is 1. The van der Waals surface area contributed by atoms with Crippen LogP contribution in [0.25, 0.3) is 0 Å². The van der Waals surface area contributed by atoms with E-state index in [1.807, 2.05) is 24.3 Å². The lowest BCUT2D eigenvalue weighted by molar-refractivity contribution is 0.0681. The van der Waals surface area contributed by atoms with E-state index in [0.717, 1.165) is 30.9 Å². The van der Waals surface area contributed by atoms with Gasteiger partial charge in [-0.2, -0.15) is 5.10 Å². The van der Waals surface area contributed by atoms with Crippen LogP contribution in [0.15, 0.2) is 30.3 Å². The maximum Gasteiger partial charge on any atom is 0.272 e. The summed E-state index contributed by atoms with van der Waals surface area (Å²) >= 11 is 0. The molecule has 0 atom stereocenters. The van der Waals surface area contributed by atoms with E-state index in [1.165, 1.54) is 19.3 Å². The van der Waals surface area contributed by atoms with Crippen LogP contribution >= 0.6 is 0 Å². The first-order valence-corrected chi connectivity index (χ1v) is 10.7. The molecule has 4 rings (SSSR count). The molecule has 2 aromatic rings. The Hall–Kier alpha value is -2.87. The van der Waals surface area contributed by atoms with Crippen molar-refractivity contribution in [2.45, 2.75) is 32.4 Å². The third-order valence-electron chi connectivity index (χ3n) is 5.82. The number of hydrogen-bond donors (Lipinski definition) is 1. The van der Waals surface area contributed by atoms with Gasteiger partial charge in [-0.15, -0.1) is 0 Å². The van der Waals surface area contributed by atoms with Gasteiger partial charge in [-0.1, -0.05) is 24.6 Å². The molecule has 1 aromatic heterocycles. The average Bonchev–Trinajstić information content (AvgIpc) is 3.22. The first-order chi connectivity index (χ1) is 14.7. The third-order valence-corrected chi connectivity index (χ3v) is 5.82. The van der Waals surface area contributed by atoms with Crippen molar-refractivity contribution in [3.8, 4) is 5.75 Å². The van der Waals surface area contributed by atoms with Gasteiger partial charge in [0.1, 0.15) is 11.4 Å². The molecule has 2 aliphatic heterocycles. The SMILES string of the molecule is COc1ccccc1CN1CCn2nc(C(=O)NCCN3CCCCC3)cc2C1=O. The Bertz CT molecular complexity index is 904. The van der Waals surface area contributed by atoms with E-state index in [9.17, 15) is 9.59 Å². The minimum atomic E-state index is -0.224. The van der Waals surface area contributed by atoms with Gasteiger partial charge in [0.25, 0.3) is 11.8 Å². The summed E-state index contributed by atoms with van der Waals surface area (Å²) in [7, 11) is 1.63. The van der Waals surface area contributed by atoms with Crippen molar-refractivity contribution in [3.63, 3.8) is 0 Å². The number of para-hydroxylation sites is 1. The van der Waals surface area contributed by atoms with Crippen LogP contribution in [0.4, 0.5) is 0 Å². The fourth-order valence-electron chi connectivity index (χ4n) is 4.14. The molecule has 8 heteroatoms. The number of fused-ring (bicyclic) bond motifs is 1. The molecule has 1 N–H and O–H groups in total. The fraction of sp³-hybridized carbons (Fsp3) is 0.500. The molecule has 0 bridgehead atoms. The predicted octanol–water partition coefficient (Wildman–Crippen LogP) is 1.76. The molecule has 30 heavy (non-hydrogen) atoms. The number of carbonyl (C=O) groups is 2. The van der Waals surface area contributed by atoms with Gasteiger partial charge >= 0.3 is 0 Å². The topological polar surface area (TPSA) is 79.7 Å². The molecule has 0 aliphatic carbocycles. The van der Waals surface area contributed by atoms with E-state index in [0.29, 0.717) is 37.6 Å². The summed E-state index contributed by atoms with van der Waals surface area (Å²) in [5.41, 5.74) is 1.71. The van der Waals surface area contributed by atoms with E-state index in [2.05, 4.69) is 15.3 Å². The molecule has 0 saturated carbocycles. The van der Waals surface area contributed by atoms with Crippen molar-refractivity contribution in [1.82, 2.24) is 24.9 Å². The van der Waals surface area contributed by atoms with Crippen LogP contribution < -0.4 is 10.1 Å². The van der Waals surface area contributed by atoms with Crippen molar-refractivity contribution in [3.05, 3.63) is 47.3 Å². The molecule has 0 spiro atoms. The van der Waals surface area contributed by atoms with Crippen LogP contribution in [0.5, 0.6) is 5.75 Å². The zero-order chi connectivity index (χ0) is 20.9. The van der Waals surface area contributed by atoms with Crippen LogP contribution in [0.3, 0.4) is 0 Å². The van der Waals surface area contributed by atoms with Crippen LogP contribution in [0.1, 0.15) is 45.8 Å². The second-order valence-corrected chi connectivity index (χ2v) is 7.83. The summed E-state index contributed by atoms with van der Waals surface area (Å²) < 4.78 is 7.04. The fourth-order valence-corrected chi connectivity index (χ4v) is 4.14. The lowest BCUT2D eigenvalue weighted by atomic mass is 10.1. The van der Waals surface area contributed by atoms with Gasteiger partial charge < -0.3 is 19.9 Å². The molecule has 0 radical (unpaired) electrons. The Morgan fingerprint density at radius 2 is 1.93 bits per heavy atom. The summed E-state index contributed by atoms with van der Waals surface area (Å²) in [5.74, 6) is 0.420. The zero-order valence-corrected chi connectivity index (χ0v) is 17.5. The summed E-state index contributed by atoms with van der Waals surface area (Å²) in [6.07, 6.45) is 3.76. The summed E-state index contributed by atoms with van der Waals surface area (Å²) in [4.78, 5) is 29.6. The molecule has 160 valence electrons. The Morgan fingerprint density at radius 3 is 2.73 bits per heavy atom. The van der Waals surface area contributed by atoms with Crippen LogP contribution in [0.2, 0.25) is 0 Å². The van der Waals surface area contributed by atoms with Gasteiger partial charge in [-0.25, -0.2) is 0 Å². The smallest absolute Gasteiger partial charge is 0.272 e. The van der Waals surface area contributed by atoms with E-state index >= 15 is 0 Å². The molecular weight excluding hydrogens is 382 g/mol. The van der Waals surface area contributed by atoms with Crippen LogP contribution in [-0.4, -0.2) is 71.2 Å². The summed E-state index contributed by atoms with van der Waals surface area (Å²) in [6, 6.07) is 9.29. The minimum Gasteiger partial charge on any atom is -0.496 e. The number of rotatable bonds is 7. The van der Waals surface area contributed by atoms with E-state index in [4.69, 9.17) is 4.74 Å². The van der Waals surface area contributed by atoms with Gasteiger partial charge in [-0.3, -0.25) is 14.3 Å². The van der Waals surface area contributed by atoms with Gasteiger partial charge in [0.05, 0.1) is 13.7 Å². The Labute approximate surface area is 176 Å². The quantitative estimate of drug-likeness (QED) is 0.751. The second-order valence-electron chi connectivity index (χ2n) is 7.83. The van der Waals surface area contributed by atoms with Gasteiger partial charge in [0.2, 0.25) is 0 Å². The highest BCUT2D eigenvalue weighted by atomic mass is 16.5. The molecule has 3 heterocycles. The lowest BCUT2D eigenvalue weighted by Crippen LogP contribution is -2.39. The monoisotopic (exact) mass is 411 g/mol. The average molecular weight is 412 g/mol. The maximum absolute atomic E-state index is 13.0. The van der Waals surface area contributed by atoms with Crippen molar-refractivity contribution in [1.29, 1.82) is 0 Å². The number of piperidine rings is 1. The van der Waals surface area contributed by atoms with Gasteiger partial charge in [0, 0.05) is 37.8 Å². The first kappa shape index (κ1) is 20.4. The summed E-state index contributed by atoms with van der Waals surface area (Å²) in [5, 5.41) is 7.30. The molecule has 2 amide bonds. The summed E-state index contributed by atoms with van der Waals surface area (Å²) in [6.45, 7) is 5.22. The van der Waals surface area contributed by atoms with Crippen molar-refractivity contribution in [2.24, 2.45) is 0 Å². The van der Waals surface area contributed by atoms with E-state index in [-0.39, 0.29) is 11.8 Å².